The molecule has 0 spiro atoms. The Bertz CT molecular complexity index is 580. The normalized spacial score (nSPS) is 13.6. The standard InChI is InChI=1S/C15H20N3OS.Y/c1-5-18-9-14(16-17-18)15(4,11(2)3)8-13(19)12-6-7-20-10-12;/h5-7,9-11H,8H2,1-4H3;/q-1;/t15-;/m0./s1. The molecular weight excluding hydrogens is 359 g/mol. The van der Waals surface area contributed by atoms with Gasteiger partial charge >= 0.3 is 0 Å². The first-order chi connectivity index (χ1) is 9.47. The Morgan fingerprint density at radius 3 is 2.71 bits per heavy atom. The molecule has 0 saturated heterocycles. The quantitative estimate of drug-likeness (QED) is 0.570. The van der Waals surface area contributed by atoms with Gasteiger partial charge in [0.25, 0.3) is 0 Å². The van der Waals surface area contributed by atoms with Crippen molar-refractivity contribution in [2.24, 2.45) is 5.92 Å². The monoisotopic (exact) mass is 379 g/mol. The van der Waals surface area contributed by atoms with E-state index in [9.17, 15) is 4.79 Å². The van der Waals surface area contributed by atoms with Crippen LogP contribution in [-0.2, 0) is 38.1 Å². The molecule has 6 heteroatoms. The molecule has 2 aromatic heterocycles. The van der Waals surface area contributed by atoms with E-state index in [1.807, 2.05) is 36.5 Å². The van der Waals surface area contributed by atoms with Crippen LogP contribution in [0.3, 0.4) is 0 Å². The Morgan fingerprint density at radius 2 is 2.24 bits per heavy atom. The summed E-state index contributed by atoms with van der Waals surface area (Å²) in [6, 6.07) is 1.88. The largest absolute Gasteiger partial charge is 0.385 e. The fourth-order valence-electron chi connectivity index (χ4n) is 2.11. The summed E-state index contributed by atoms with van der Waals surface area (Å²) >= 11 is 1.55. The zero-order valence-corrected chi connectivity index (χ0v) is 16.6. The molecule has 0 aliphatic carbocycles. The Kier molecular flexibility index (Phi) is 6.76. The Labute approximate surface area is 155 Å². The van der Waals surface area contributed by atoms with Gasteiger partial charge in [0.1, 0.15) is 0 Å². The summed E-state index contributed by atoms with van der Waals surface area (Å²) in [6.07, 6.45) is 2.35. The van der Waals surface area contributed by atoms with E-state index in [0.717, 1.165) is 11.3 Å². The van der Waals surface area contributed by atoms with Crippen LogP contribution in [0.1, 0.15) is 50.2 Å². The molecule has 0 saturated carbocycles. The van der Waals surface area contributed by atoms with E-state index in [0.29, 0.717) is 12.3 Å². The zero-order valence-electron chi connectivity index (χ0n) is 12.9. The fraction of sp³-hybridized carbons (Fsp3) is 0.467. The summed E-state index contributed by atoms with van der Waals surface area (Å²) in [5.41, 5.74) is 1.35. The SMILES string of the molecule is C[CH-]n1cc([C@@](C)(CC(=O)c2ccsc2)C(C)C)nn1.[Y]. The van der Waals surface area contributed by atoms with Crippen molar-refractivity contribution in [1.82, 2.24) is 15.0 Å². The Hall–Kier alpha value is -0.516. The van der Waals surface area contributed by atoms with Gasteiger partial charge in [-0.3, -0.25) is 4.79 Å². The van der Waals surface area contributed by atoms with E-state index in [1.54, 1.807) is 16.0 Å². The van der Waals surface area contributed by atoms with Gasteiger partial charge in [0, 0.05) is 61.2 Å². The van der Waals surface area contributed by atoms with E-state index in [4.69, 9.17) is 0 Å². The fourth-order valence-corrected chi connectivity index (χ4v) is 2.77. The van der Waals surface area contributed by atoms with Crippen molar-refractivity contribution in [3.63, 3.8) is 0 Å². The minimum Gasteiger partial charge on any atom is -0.385 e. The number of hydrogen-bond donors (Lipinski definition) is 0. The first-order valence-corrected chi connectivity index (χ1v) is 7.69. The van der Waals surface area contributed by atoms with Crippen LogP contribution in [0.15, 0.2) is 23.0 Å². The van der Waals surface area contributed by atoms with Crippen molar-refractivity contribution in [3.05, 3.63) is 40.8 Å². The third-order valence-electron chi connectivity index (χ3n) is 4.01. The van der Waals surface area contributed by atoms with Crippen molar-refractivity contribution in [2.75, 3.05) is 0 Å². The molecule has 2 heterocycles. The van der Waals surface area contributed by atoms with Gasteiger partial charge in [0.05, 0.1) is 0 Å². The maximum Gasteiger partial charge on any atom is 0.164 e. The molecule has 0 aliphatic heterocycles. The van der Waals surface area contributed by atoms with Gasteiger partial charge in [0.2, 0.25) is 0 Å². The van der Waals surface area contributed by atoms with Gasteiger partial charge in [-0.2, -0.15) is 16.4 Å². The summed E-state index contributed by atoms with van der Waals surface area (Å²) < 4.78 is 1.69. The molecule has 2 rings (SSSR count). The summed E-state index contributed by atoms with van der Waals surface area (Å²) in [4.78, 5) is 12.4. The minimum atomic E-state index is -0.305. The van der Waals surface area contributed by atoms with Crippen molar-refractivity contribution in [1.29, 1.82) is 0 Å². The van der Waals surface area contributed by atoms with Gasteiger partial charge in [-0.15, -0.1) is 6.54 Å². The number of carbonyl (C=O) groups excluding carboxylic acids is 1. The van der Waals surface area contributed by atoms with Gasteiger partial charge < -0.3 is 4.68 Å². The van der Waals surface area contributed by atoms with Crippen molar-refractivity contribution in [3.8, 4) is 0 Å². The molecule has 1 atom stereocenters. The van der Waals surface area contributed by atoms with Crippen LogP contribution in [0.5, 0.6) is 0 Å². The van der Waals surface area contributed by atoms with Crippen molar-refractivity contribution < 1.29 is 37.5 Å². The molecule has 1 radical (unpaired) electrons. The number of nitrogens with zero attached hydrogens (tertiary/aromatic N) is 3. The molecule has 0 N–H and O–H groups in total. The van der Waals surface area contributed by atoms with Gasteiger partial charge in [0.15, 0.2) is 5.78 Å². The predicted molar refractivity (Wildman–Crippen MR) is 80.9 cm³/mol. The predicted octanol–water partition coefficient (Wildman–Crippen LogP) is 3.55. The first kappa shape index (κ1) is 18.5. The van der Waals surface area contributed by atoms with Crippen LogP contribution in [0.2, 0.25) is 0 Å². The number of aromatic nitrogens is 3. The third kappa shape index (κ3) is 4.02. The molecule has 0 bridgehead atoms. The molecule has 0 aliphatic rings. The van der Waals surface area contributed by atoms with Crippen LogP contribution in [0, 0.1) is 12.5 Å². The van der Waals surface area contributed by atoms with Gasteiger partial charge in [-0.05, 0) is 17.4 Å². The number of rotatable bonds is 6. The van der Waals surface area contributed by atoms with E-state index < -0.39 is 0 Å². The van der Waals surface area contributed by atoms with Crippen molar-refractivity contribution >= 4 is 17.1 Å². The number of thiophene rings is 1. The van der Waals surface area contributed by atoms with Crippen LogP contribution in [0.25, 0.3) is 0 Å². The third-order valence-corrected chi connectivity index (χ3v) is 4.69. The average Bonchev–Trinajstić information content (AvgIpc) is 3.09. The van der Waals surface area contributed by atoms with E-state index in [1.165, 1.54) is 0 Å². The molecule has 21 heavy (non-hydrogen) atoms. The Morgan fingerprint density at radius 1 is 1.52 bits per heavy atom. The molecular formula is C15H20N3OSY-. The number of hydrogen-bond acceptors (Lipinski definition) is 4. The van der Waals surface area contributed by atoms with Crippen LogP contribution in [0.4, 0.5) is 0 Å². The second kappa shape index (κ2) is 7.66. The average molecular weight is 379 g/mol. The van der Waals surface area contributed by atoms with E-state index >= 15 is 0 Å². The van der Waals surface area contributed by atoms with Crippen LogP contribution in [-0.4, -0.2) is 20.8 Å². The van der Waals surface area contributed by atoms with Crippen LogP contribution < -0.4 is 0 Å². The molecule has 111 valence electrons. The smallest absolute Gasteiger partial charge is 0.164 e. The number of Topliss-reactive ketones (excluding diaryl/α,β-unsaturated/α-hetero) is 1. The van der Waals surface area contributed by atoms with Gasteiger partial charge in [-0.25, -0.2) is 0 Å². The summed E-state index contributed by atoms with van der Waals surface area (Å²) in [6.45, 7) is 10.1. The van der Waals surface area contributed by atoms with Crippen molar-refractivity contribution in [2.45, 2.75) is 39.5 Å². The second-order valence-corrected chi connectivity index (χ2v) is 6.31. The maximum atomic E-state index is 12.4. The van der Waals surface area contributed by atoms with Crippen LogP contribution >= 0.6 is 11.3 Å². The van der Waals surface area contributed by atoms with E-state index in [2.05, 4.69) is 31.1 Å². The summed E-state index contributed by atoms with van der Waals surface area (Å²) in [7, 11) is 0. The Balaban J connectivity index is 0.00000220. The molecule has 0 fully saturated rings. The molecule has 2 aromatic rings. The topological polar surface area (TPSA) is 47.8 Å². The number of carbonyl (C=O) groups is 1. The summed E-state index contributed by atoms with van der Waals surface area (Å²) in [5.74, 6) is 0.463. The van der Waals surface area contributed by atoms with E-state index in [-0.39, 0.29) is 43.9 Å². The number of ketones is 1. The minimum absolute atomic E-state index is 0. The molecule has 0 amide bonds. The summed E-state index contributed by atoms with van der Waals surface area (Å²) in [5, 5.41) is 12.1. The van der Waals surface area contributed by atoms with Gasteiger partial charge in [-0.1, -0.05) is 39.1 Å². The molecule has 4 nitrogen and oxygen atoms in total. The molecule has 0 aromatic carbocycles. The second-order valence-electron chi connectivity index (χ2n) is 5.53. The maximum absolute atomic E-state index is 12.4. The first-order valence-electron chi connectivity index (χ1n) is 6.74. The molecule has 0 unspecified atom stereocenters. The zero-order chi connectivity index (χ0) is 14.8.